The summed E-state index contributed by atoms with van der Waals surface area (Å²) < 4.78 is 0. The molecule has 2 fully saturated rings. The molecule has 1 aromatic heterocycles. The lowest BCUT2D eigenvalue weighted by Crippen LogP contribution is -2.47. The zero-order valence-electron chi connectivity index (χ0n) is 12.6. The van der Waals surface area contributed by atoms with Crippen LogP contribution in [-0.4, -0.2) is 31.5 Å². The standard InChI is InChI=1S/C16H25N3S/c1-17-15(19(2)10-13-6-9-20-11-13)18-12-16(7-3-8-16)14-4-5-14/h6,9,11,14H,3-5,7-8,10,12H2,1-2H3,(H,17,18). The maximum absolute atomic E-state index is 4.44. The molecule has 1 N–H and O–H groups in total. The molecule has 3 nitrogen and oxygen atoms in total. The first-order valence-electron chi connectivity index (χ1n) is 7.66. The van der Waals surface area contributed by atoms with Gasteiger partial charge in [-0.25, -0.2) is 0 Å². The van der Waals surface area contributed by atoms with E-state index in [4.69, 9.17) is 0 Å². The lowest BCUT2D eigenvalue weighted by atomic mass is 9.65. The van der Waals surface area contributed by atoms with Crippen molar-refractivity contribution in [3.63, 3.8) is 0 Å². The second-order valence-electron chi connectivity index (χ2n) is 6.38. The third kappa shape index (κ3) is 2.85. The number of nitrogens with zero attached hydrogens (tertiary/aromatic N) is 2. The van der Waals surface area contributed by atoms with Crippen molar-refractivity contribution in [2.75, 3.05) is 20.6 Å². The lowest BCUT2D eigenvalue weighted by molar-refractivity contribution is 0.105. The average Bonchev–Trinajstić information content (AvgIpc) is 3.11. The highest BCUT2D eigenvalue weighted by molar-refractivity contribution is 7.07. The van der Waals surface area contributed by atoms with Gasteiger partial charge in [-0.3, -0.25) is 4.99 Å². The summed E-state index contributed by atoms with van der Waals surface area (Å²) in [5.74, 6) is 2.02. The predicted octanol–water partition coefficient (Wildman–Crippen LogP) is 3.34. The van der Waals surface area contributed by atoms with Crippen molar-refractivity contribution in [2.24, 2.45) is 16.3 Å². The van der Waals surface area contributed by atoms with Gasteiger partial charge in [-0.2, -0.15) is 11.3 Å². The number of guanidine groups is 1. The van der Waals surface area contributed by atoms with Crippen molar-refractivity contribution in [1.29, 1.82) is 0 Å². The van der Waals surface area contributed by atoms with Crippen molar-refractivity contribution < 1.29 is 0 Å². The van der Waals surface area contributed by atoms with Crippen LogP contribution in [0.2, 0.25) is 0 Å². The van der Waals surface area contributed by atoms with Crippen molar-refractivity contribution in [3.8, 4) is 0 Å². The average molecular weight is 291 g/mol. The molecule has 20 heavy (non-hydrogen) atoms. The normalized spacial score (nSPS) is 21.4. The molecule has 0 aromatic carbocycles. The summed E-state index contributed by atoms with van der Waals surface area (Å²) in [4.78, 5) is 6.67. The smallest absolute Gasteiger partial charge is 0.193 e. The Morgan fingerprint density at radius 3 is 2.80 bits per heavy atom. The Morgan fingerprint density at radius 1 is 1.50 bits per heavy atom. The van der Waals surface area contributed by atoms with Crippen LogP contribution < -0.4 is 5.32 Å². The molecule has 0 spiro atoms. The Morgan fingerprint density at radius 2 is 2.30 bits per heavy atom. The summed E-state index contributed by atoms with van der Waals surface area (Å²) in [6.07, 6.45) is 7.14. The Hall–Kier alpha value is -1.03. The molecular weight excluding hydrogens is 266 g/mol. The van der Waals surface area contributed by atoms with Gasteiger partial charge in [-0.05, 0) is 59.4 Å². The Bertz CT molecular complexity index is 458. The molecule has 3 rings (SSSR count). The fourth-order valence-electron chi connectivity index (χ4n) is 3.43. The van der Waals surface area contributed by atoms with Crippen molar-refractivity contribution in [1.82, 2.24) is 10.2 Å². The first-order valence-corrected chi connectivity index (χ1v) is 8.61. The van der Waals surface area contributed by atoms with Crippen LogP contribution in [0.15, 0.2) is 21.8 Å². The third-order valence-electron chi connectivity index (χ3n) is 4.96. The Balaban J connectivity index is 1.54. The van der Waals surface area contributed by atoms with E-state index in [0.717, 1.165) is 25.0 Å². The molecule has 1 aromatic rings. The van der Waals surface area contributed by atoms with Crippen molar-refractivity contribution in [2.45, 2.75) is 38.6 Å². The van der Waals surface area contributed by atoms with Crippen LogP contribution in [0.3, 0.4) is 0 Å². The molecule has 0 saturated heterocycles. The summed E-state index contributed by atoms with van der Waals surface area (Å²) in [7, 11) is 4.01. The van der Waals surface area contributed by atoms with Gasteiger partial charge in [0.25, 0.3) is 0 Å². The van der Waals surface area contributed by atoms with Gasteiger partial charge in [0, 0.05) is 27.2 Å². The van der Waals surface area contributed by atoms with E-state index < -0.39 is 0 Å². The molecular formula is C16H25N3S. The molecule has 1 heterocycles. The van der Waals surface area contributed by atoms with Crippen LogP contribution in [0, 0.1) is 11.3 Å². The molecule has 4 heteroatoms. The second-order valence-corrected chi connectivity index (χ2v) is 7.16. The fraction of sp³-hybridized carbons (Fsp3) is 0.688. The van der Waals surface area contributed by atoms with Crippen molar-refractivity contribution in [3.05, 3.63) is 22.4 Å². The lowest BCUT2D eigenvalue weighted by Gasteiger charge is -2.43. The number of hydrogen-bond donors (Lipinski definition) is 1. The quantitative estimate of drug-likeness (QED) is 0.665. The van der Waals surface area contributed by atoms with Gasteiger partial charge in [0.1, 0.15) is 0 Å². The molecule has 0 amide bonds. The summed E-state index contributed by atoms with van der Waals surface area (Å²) >= 11 is 1.76. The SMILES string of the molecule is CN=C(NCC1(C2CC2)CCC1)N(C)Cc1ccsc1. The molecule has 0 unspecified atom stereocenters. The van der Waals surface area contributed by atoms with Crippen LogP contribution in [0.25, 0.3) is 0 Å². The maximum atomic E-state index is 4.44. The summed E-state index contributed by atoms with van der Waals surface area (Å²) in [6, 6.07) is 2.19. The van der Waals surface area contributed by atoms with E-state index in [1.54, 1.807) is 11.3 Å². The van der Waals surface area contributed by atoms with Crippen LogP contribution in [0.4, 0.5) is 0 Å². The van der Waals surface area contributed by atoms with Gasteiger partial charge < -0.3 is 10.2 Å². The van der Waals surface area contributed by atoms with Crippen LogP contribution in [0.1, 0.15) is 37.7 Å². The zero-order chi connectivity index (χ0) is 14.0. The summed E-state index contributed by atoms with van der Waals surface area (Å²) in [5.41, 5.74) is 1.96. The molecule has 0 aliphatic heterocycles. The Kier molecular flexibility index (Phi) is 4.01. The topological polar surface area (TPSA) is 27.6 Å². The summed E-state index contributed by atoms with van der Waals surface area (Å²) in [5, 5.41) is 7.97. The number of rotatable bonds is 5. The van der Waals surface area contributed by atoms with Gasteiger partial charge >= 0.3 is 0 Å². The van der Waals surface area contributed by atoms with Crippen LogP contribution in [-0.2, 0) is 6.54 Å². The molecule has 0 bridgehead atoms. The molecule has 0 atom stereocenters. The molecule has 2 aliphatic rings. The van der Waals surface area contributed by atoms with Gasteiger partial charge in [0.15, 0.2) is 5.96 Å². The first kappa shape index (κ1) is 13.9. The van der Waals surface area contributed by atoms with E-state index in [-0.39, 0.29) is 0 Å². The minimum atomic E-state index is 0.596. The second kappa shape index (κ2) is 5.76. The number of nitrogens with one attached hydrogen (secondary N) is 1. The summed E-state index contributed by atoms with van der Waals surface area (Å²) in [6.45, 7) is 2.04. The number of thiophene rings is 1. The first-order chi connectivity index (χ1) is 9.73. The fourth-order valence-corrected chi connectivity index (χ4v) is 4.09. The van der Waals surface area contributed by atoms with Gasteiger partial charge in [0.2, 0.25) is 0 Å². The molecule has 2 saturated carbocycles. The minimum absolute atomic E-state index is 0.596. The Labute approximate surface area is 126 Å². The highest BCUT2D eigenvalue weighted by Crippen LogP contribution is 2.56. The number of aliphatic imine (C=N–C) groups is 1. The predicted molar refractivity (Wildman–Crippen MR) is 86.2 cm³/mol. The molecule has 2 aliphatic carbocycles. The highest BCUT2D eigenvalue weighted by atomic mass is 32.1. The maximum Gasteiger partial charge on any atom is 0.193 e. The van der Waals surface area contributed by atoms with Gasteiger partial charge in [-0.15, -0.1) is 0 Å². The van der Waals surface area contributed by atoms with E-state index in [0.29, 0.717) is 5.41 Å². The van der Waals surface area contributed by atoms with Gasteiger partial charge in [-0.1, -0.05) is 6.42 Å². The third-order valence-corrected chi connectivity index (χ3v) is 5.70. The largest absolute Gasteiger partial charge is 0.356 e. The zero-order valence-corrected chi connectivity index (χ0v) is 13.4. The van der Waals surface area contributed by atoms with E-state index in [1.165, 1.54) is 37.7 Å². The van der Waals surface area contributed by atoms with E-state index in [2.05, 4.69) is 39.1 Å². The van der Waals surface area contributed by atoms with E-state index in [1.807, 2.05) is 7.05 Å². The van der Waals surface area contributed by atoms with Gasteiger partial charge in [0.05, 0.1) is 0 Å². The highest BCUT2D eigenvalue weighted by Gasteiger charge is 2.48. The molecule has 0 radical (unpaired) electrons. The number of hydrogen-bond acceptors (Lipinski definition) is 2. The monoisotopic (exact) mass is 291 g/mol. The van der Waals surface area contributed by atoms with Crippen LogP contribution in [0.5, 0.6) is 0 Å². The van der Waals surface area contributed by atoms with Crippen molar-refractivity contribution >= 4 is 17.3 Å². The van der Waals surface area contributed by atoms with E-state index >= 15 is 0 Å². The minimum Gasteiger partial charge on any atom is -0.356 e. The van der Waals surface area contributed by atoms with Crippen LogP contribution >= 0.6 is 11.3 Å². The molecule has 110 valence electrons. The van der Waals surface area contributed by atoms with E-state index in [9.17, 15) is 0 Å².